The summed E-state index contributed by atoms with van der Waals surface area (Å²) in [6.45, 7) is 3.86. The first kappa shape index (κ1) is 23.4. The average Bonchev–Trinajstić information content (AvgIpc) is 3.53. The summed E-state index contributed by atoms with van der Waals surface area (Å²) in [6, 6.07) is 21.6. The molecule has 2 aromatic carbocycles. The number of thiophene rings is 1. The van der Waals surface area contributed by atoms with Gasteiger partial charge in [-0.3, -0.25) is 4.90 Å². The molecule has 0 spiro atoms. The third-order valence-corrected chi connectivity index (χ3v) is 6.87. The molecule has 1 unspecified atom stereocenters. The zero-order valence-corrected chi connectivity index (χ0v) is 19.8. The fraction of sp³-hybridized carbons (Fsp3) is 0.292. The molecule has 33 heavy (non-hydrogen) atoms. The lowest BCUT2D eigenvalue weighted by molar-refractivity contribution is 0.202. The van der Waals surface area contributed by atoms with Crippen LogP contribution in [0.5, 0.6) is 0 Å². The zero-order valence-electron chi connectivity index (χ0n) is 18.1. The lowest BCUT2D eigenvalue weighted by Crippen LogP contribution is -2.48. The summed E-state index contributed by atoms with van der Waals surface area (Å²) in [6.07, 6.45) is 0.872. The number of tetrazole rings is 1. The number of halogens is 2. The molecule has 1 atom stereocenters. The molecule has 0 saturated carbocycles. The predicted molar refractivity (Wildman–Crippen MR) is 132 cm³/mol. The van der Waals surface area contributed by atoms with E-state index in [1.165, 1.54) is 16.5 Å². The van der Waals surface area contributed by atoms with E-state index in [0.29, 0.717) is 5.69 Å². The Kier molecular flexibility index (Phi) is 7.69. The van der Waals surface area contributed by atoms with E-state index in [0.717, 1.165) is 45.0 Å². The second-order valence-electron chi connectivity index (χ2n) is 7.89. The van der Waals surface area contributed by atoms with Gasteiger partial charge in [-0.15, -0.1) is 28.8 Å². The van der Waals surface area contributed by atoms with Crippen molar-refractivity contribution in [1.29, 1.82) is 0 Å². The van der Waals surface area contributed by atoms with Gasteiger partial charge in [0, 0.05) is 37.6 Å². The minimum absolute atomic E-state index is 0. The Morgan fingerprint density at radius 3 is 2.39 bits per heavy atom. The van der Waals surface area contributed by atoms with Crippen LogP contribution in [0.3, 0.4) is 0 Å². The largest absolute Gasteiger partial charge is 0.367 e. The standard InChI is InChI=1S/C24H25FN6S.ClH/c25-20-9-4-5-10-21(20)29-14-16-30(17-15-29)23(22-11-6-18-32-22)24-26-27-28-31(24)13-12-19-7-2-1-3-8-19;/h1-11,18,23H,12-17H2;1H. The van der Waals surface area contributed by atoms with E-state index in [1.54, 1.807) is 17.4 Å². The van der Waals surface area contributed by atoms with Gasteiger partial charge in [-0.1, -0.05) is 48.5 Å². The molecule has 4 aromatic rings. The van der Waals surface area contributed by atoms with Crippen LogP contribution in [0, 0.1) is 5.82 Å². The van der Waals surface area contributed by atoms with Gasteiger partial charge >= 0.3 is 0 Å². The number of nitrogens with zero attached hydrogens (tertiary/aromatic N) is 6. The van der Waals surface area contributed by atoms with Crippen molar-refractivity contribution in [2.75, 3.05) is 31.1 Å². The maximum atomic E-state index is 14.3. The SMILES string of the molecule is Cl.Fc1ccccc1N1CCN(C(c2cccs2)c2nnnn2CCc2ccccc2)CC1. The van der Waals surface area contributed by atoms with Crippen LogP contribution in [0.1, 0.15) is 22.3 Å². The monoisotopic (exact) mass is 484 g/mol. The molecule has 0 aliphatic carbocycles. The van der Waals surface area contributed by atoms with Gasteiger partial charge in [0.2, 0.25) is 0 Å². The van der Waals surface area contributed by atoms with E-state index < -0.39 is 0 Å². The summed E-state index contributed by atoms with van der Waals surface area (Å²) in [5, 5.41) is 14.9. The fourth-order valence-electron chi connectivity index (χ4n) is 4.29. The highest BCUT2D eigenvalue weighted by atomic mass is 35.5. The Labute approximate surface area is 203 Å². The molecular formula is C24H26ClFN6S. The van der Waals surface area contributed by atoms with Gasteiger partial charge in [-0.2, -0.15) is 0 Å². The molecule has 3 heterocycles. The minimum atomic E-state index is -0.166. The van der Waals surface area contributed by atoms with E-state index in [9.17, 15) is 4.39 Å². The smallest absolute Gasteiger partial charge is 0.173 e. The van der Waals surface area contributed by atoms with E-state index in [2.05, 4.69) is 67.1 Å². The zero-order chi connectivity index (χ0) is 21.8. The molecule has 172 valence electrons. The van der Waals surface area contributed by atoms with Gasteiger partial charge in [0.25, 0.3) is 0 Å². The second-order valence-corrected chi connectivity index (χ2v) is 8.87. The van der Waals surface area contributed by atoms with Gasteiger partial charge < -0.3 is 4.90 Å². The highest BCUT2D eigenvalue weighted by Gasteiger charge is 2.31. The first-order valence-electron chi connectivity index (χ1n) is 10.9. The number of hydrogen-bond acceptors (Lipinski definition) is 6. The number of anilines is 1. The number of para-hydroxylation sites is 1. The summed E-state index contributed by atoms with van der Waals surface area (Å²) in [5.74, 6) is 0.698. The maximum absolute atomic E-state index is 14.3. The van der Waals surface area contributed by atoms with E-state index in [1.807, 2.05) is 22.9 Å². The second kappa shape index (κ2) is 10.9. The van der Waals surface area contributed by atoms with Crippen molar-refractivity contribution in [1.82, 2.24) is 25.1 Å². The lowest BCUT2D eigenvalue weighted by Gasteiger charge is -2.39. The topological polar surface area (TPSA) is 50.1 Å². The Balaban J connectivity index is 0.00000259. The summed E-state index contributed by atoms with van der Waals surface area (Å²) in [4.78, 5) is 5.75. The summed E-state index contributed by atoms with van der Waals surface area (Å²) < 4.78 is 16.2. The molecule has 1 aliphatic heterocycles. The number of aryl methyl sites for hydroxylation is 2. The van der Waals surface area contributed by atoms with Crippen molar-refractivity contribution < 1.29 is 4.39 Å². The van der Waals surface area contributed by atoms with Gasteiger partial charge in [-0.05, 0) is 46.0 Å². The van der Waals surface area contributed by atoms with Crippen molar-refractivity contribution >= 4 is 29.4 Å². The molecule has 2 aromatic heterocycles. The quantitative estimate of drug-likeness (QED) is 0.388. The number of benzene rings is 2. The van der Waals surface area contributed by atoms with Crippen LogP contribution in [0.15, 0.2) is 72.1 Å². The van der Waals surface area contributed by atoms with Crippen molar-refractivity contribution in [3.63, 3.8) is 0 Å². The Bertz CT molecular complexity index is 1130. The molecule has 9 heteroatoms. The van der Waals surface area contributed by atoms with Crippen LogP contribution in [0.4, 0.5) is 10.1 Å². The minimum Gasteiger partial charge on any atom is -0.367 e. The van der Waals surface area contributed by atoms with Gasteiger partial charge in [0.05, 0.1) is 5.69 Å². The first-order valence-corrected chi connectivity index (χ1v) is 11.7. The summed E-state index contributed by atoms with van der Waals surface area (Å²) in [5.41, 5.74) is 1.94. The molecule has 5 rings (SSSR count). The van der Waals surface area contributed by atoms with Crippen LogP contribution < -0.4 is 4.90 Å². The molecule has 1 fully saturated rings. The van der Waals surface area contributed by atoms with Gasteiger partial charge in [-0.25, -0.2) is 9.07 Å². The van der Waals surface area contributed by atoms with Crippen molar-refractivity contribution in [3.8, 4) is 0 Å². The van der Waals surface area contributed by atoms with Crippen LogP contribution in [-0.2, 0) is 13.0 Å². The van der Waals surface area contributed by atoms with Gasteiger partial charge in [0.1, 0.15) is 11.9 Å². The molecule has 0 amide bonds. The molecule has 0 bridgehead atoms. The average molecular weight is 485 g/mol. The van der Waals surface area contributed by atoms with Crippen LogP contribution >= 0.6 is 23.7 Å². The molecular weight excluding hydrogens is 459 g/mol. The number of piperazine rings is 1. The van der Waals surface area contributed by atoms with Crippen molar-refractivity contribution in [3.05, 3.63) is 94.2 Å². The molecule has 0 radical (unpaired) electrons. The van der Waals surface area contributed by atoms with Crippen molar-refractivity contribution in [2.24, 2.45) is 0 Å². The number of hydrogen-bond donors (Lipinski definition) is 0. The molecule has 1 aliphatic rings. The van der Waals surface area contributed by atoms with Gasteiger partial charge in [0.15, 0.2) is 5.82 Å². The first-order chi connectivity index (χ1) is 15.8. The van der Waals surface area contributed by atoms with Crippen LogP contribution in [0.2, 0.25) is 0 Å². The Morgan fingerprint density at radius 1 is 0.909 bits per heavy atom. The third kappa shape index (κ3) is 5.24. The highest BCUT2D eigenvalue weighted by molar-refractivity contribution is 7.10. The van der Waals surface area contributed by atoms with Crippen molar-refractivity contribution in [2.45, 2.75) is 19.0 Å². The molecule has 6 nitrogen and oxygen atoms in total. The van der Waals surface area contributed by atoms with Crippen LogP contribution in [0.25, 0.3) is 0 Å². The van der Waals surface area contributed by atoms with Crippen LogP contribution in [-0.4, -0.2) is 51.3 Å². The molecule has 1 saturated heterocycles. The van der Waals surface area contributed by atoms with E-state index in [-0.39, 0.29) is 24.3 Å². The Hall–Kier alpha value is -2.81. The fourth-order valence-corrected chi connectivity index (χ4v) is 5.15. The summed E-state index contributed by atoms with van der Waals surface area (Å²) in [7, 11) is 0. The Morgan fingerprint density at radius 2 is 1.67 bits per heavy atom. The van der Waals surface area contributed by atoms with E-state index >= 15 is 0 Å². The molecule has 0 N–H and O–H groups in total. The predicted octanol–water partition coefficient (Wildman–Crippen LogP) is 4.45. The summed E-state index contributed by atoms with van der Waals surface area (Å²) >= 11 is 1.72. The maximum Gasteiger partial charge on any atom is 0.173 e. The number of rotatable bonds is 7. The third-order valence-electron chi connectivity index (χ3n) is 5.94. The highest BCUT2D eigenvalue weighted by Crippen LogP contribution is 2.32. The normalized spacial score (nSPS) is 15.2. The lowest BCUT2D eigenvalue weighted by atomic mass is 10.1. The number of aromatic nitrogens is 4. The van der Waals surface area contributed by atoms with E-state index in [4.69, 9.17) is 0 Å².